The smallest absolute Gasteiger partial charge is 0.305 e. The van der Waals surface area contributed by atoms with Gasteiger partial charge in [0.05, 0.1) is 13.2 Å². The summed E-state index contributed by atoms with van der Waals surface area (Å²) in [6, 6.07) is 0. The summed E-state index contributed by atoms with van der Waals surface area (Å²) in [5.74, 6) is 2.49. The third-order valence-electron chi connectivity index (χ3n) is 12.9. The lowest BCUT2D eigenvalue weighted by Crippen LogP contribution is -2.22. The zero-order chi connectivity index (χ0) is 41.7. The monoisotopic (exact) mass is 806 g/mol. The molecule has 1 unspecified atom stereocenters. The van der Waals surface area contributed by atoms with Crippen molar-refractivity contribution in [3.05, 3.63) is 0 Å². The number of ether oxygens (including phenoxy) is 2. The number of rotatable bonds is 43. The molecule has 57 heavy (non-hydrogen) atoms. The van der Waals surface area contributed by atoms with Crippen LogP contribution in [0.3, 0.4) is 0 Å². The van der Waals surface area contributed by atoms with Crippen molar-refractivity contribution in [3.8, 4) is 0 Å². The molecule has 0 bridgehead atoms. The average molecular weight is 806 g/mol. The molecular weight excluding hydrogens is 703 g/mol. The number of likely N-dealkylation sites (tertiary alicyclic amines) is 1. The van der Waals surface area contributed by atoms with Gasteiger partial charge in [0, 0.05) is 6.42 Å². The van der Waals surface area contributed by atoms with Crippen LogP contribution in [0.1, 0.15) is 272 Å². The molecule has 1 saturated heterocycles. The van der Waals surface area contributed by atoms with Crippen LogP contribution in [0, 0.1) is 17.8 Å². The molecule has 0 aromatic heterocycles. The van der Waals surface area contributed by atoms with Gasteiger partial charge < -0.3 is 14.4 Å². The molecule has 1 aliphatic rings. The predicted molar refractivity (Wildman–Crippen MR) is 249 cm³/mol. The summed E-state index contributed by atoms with van der Waals surface area (Å²) < 4.78 is 10.4. The quantitative estimate of drug-likeness (QED) is 0.0349. The highest BCUT2D eigenvalue weighted by atomic mass is 16.5. The van der Waals surface area contributed by atoms with E-state index in [1.165, 1.54) is 232 Å². The van der Waals surface area contributed by atoms with E-state index in [2.05, 4.69) is 39.5 Å². The third-order valence-corrected chi connectivity index (χ3v) is 12.9. The number of carbonyl (C=O) groups excluding carboxylic acids is 2. The van der Waals surface area contributed by atoms with Crippen molar-refractivity contribution >= 4 is 12.4 Å². The van der Waals surface area contributed by atoms with Gasteiger partial charge in [-0.25, -0.2) is 0 Å². The van der Waals surface area contributed by atoms with Crippen LogP contribution >= 0.6 is 0 Å². The zero-order valence-electron chi connectivity index (χ0n) is 39.6. The molecule has 340 valence electrons. The van der Waals surface area contributed by atoms with Gasteiger partial charge in [0.15, 0.2) is 0 Å². The van der Waals surface area contributed by atoms with Gasteiger partial charge in [-0.1, -0.05) is 227 Å². The Bertz CT molecular complexity index is 779. The number of carbonyl (C=O) groups is 2. The van der Waals surface area contributed by atoms with Crippen LogP contribution in [-0.4, -0.2) is 50.2 Å². The van der Waals surface area contributed by atoms with Gasteiger partial charge in [-0.05, 0) is 75.9 Å². The van der Waals surface area contributed by atoms with E-state index in [-0.39, 0.29) is 5.97 Å². The molecule has 0 saturated carbocycles. The Balaban J connectivity index is 0.00000164. The highest BCUT2D eigenvalue weighted by Gasteiger charge is 2.15. The maximum absolute atomic E-state index is 12.3. The fourth-order valence-corrected chi connectivity index (χ4v) is 8.90. The summed E-state index contributed by atoms with van der Waals surface area (Å²) in [6.07, 6.45) is 48.5. The lowest BCUT2D eigenvalue weighted by atomic mass is 9.91. The fourth-order valence-electron chi connectivity index (χ4n) is 8.90. The van der Waals surface area contributed by atoms with Crippen LogP contribution in [-0.2, 0) is 19.1 Å². The maximum atomic E-state index is 12.3. The molecule has 1 aliphatic heterocycles. The van der Waals surface area contributed by atoms with E-state index in [1.54, 1.807) is 0 Å². The summed E-state index contributed by atoms with van der Waals surface area (Å²) in [5.41, 5.74) is 0. The number of esters is 1. The normalized spacial score (nSPS) is 13.6. The van der Waals surface area contributed by atoms with E-state index in [1.807, 2.05) is 0 Å². The van der Waals surface area contributed by atoms with Crippen molar-refractivity contribution < 1.29 is 19.1 Å². The lowest BCUT2D eigenvalue weighted by Gasteiger charge is -2.21. The fraction of sp³-hybridized carbons (Fsp3) is 0.962. The van der Waals surface area contributed by atoms with Gasteiger partial charge >= 0.3 is 5.97 Å². The Labute approximate surface area is 358 Å². The Kier molecular flexibility index (Phi) is 45.1. The van der Waals surface area contributed by atoms with Gasteiger partial charge in [0.1, 0.15) is 0 Å². The van der Waals surface area contributed by atoms with E-state index in [9.17, 15) is 9.59 Å². The minimum Gasteiger partial charge on any atom is -0.468 e. The Morgan fingerprint density at radius 1 is 0.456 bits per heavy atom. The number of hydrogen-bond donors (Lipinski definition) is 0. The Morgan fingerprint density at radius 2 is 0.807 bits per heavy atom. The number of unbranched alkanes of at least 4 members (excludes halogenated alkanes) is 19. The predicted octanol–water partition coefficient (Wildman–Crippen LogP) is 16.4. The molecule has 1 fully saturated rings. The highest BCUT2D eigenvalue weighted by Crippen LogP contribution is 2.25. The van der Waals surface area contributed by atoms with Crippen LogP contribution < -0.4 is 0 Å². The maximum Gasteiger partial charge on any atom is 0.305 e. The molecule has 1 rings (SSSR count). The van der Waals surface area contributed by atoms with Gasteiger partial charge in [-0.15, -0.1) is 0 Å². The number of hydrogen-bond acceptors (Lipinski definition) is 5. The van der Waals surface area contributed by atoms with Gasteiger partial charge in [-0.2, -0.15) is 0 Å². The first-order chi connectivity index (χ1) is 28.0. The summed E-state index contributed by atoms with van der Waals surface area (Å²) in [4.78, 5) is 25.1. The second-order valence-corrected chi connectivity index (χ2v) is 18.3. The van der Waals surface area contributed by atoms with Crippen molar-refractivity contribution in [1.29, 1.82) is 0 Å². The molecule has 0 spiro atoms. The first-order valence-electron chi connectivity index (χ1n) is 26.0. The largest absolute Gasteiger partial charge is 0.468 e. The van der Waals surface area contributed by atoms with Crippen LogP contribution in [0.2, 0.25) is 0 Å². The Morgan fingerprint density at radius 3 is 1.25 bits per heavy atom. The molecule has 1 atom stereocenters. The van der Waals surface area contributed by atoms with E-state index >= 15 is 0 Å². The zero-order valence-corrected chi connectivity index (χ0v) is 39.6. The topological polar surface area (TPSA) is 55.8 Å². The second-order valence-electron chi connectivity index (χ2n) is 18.3. The summed E-state index contributed by atoms with van der Waals surface area (Å²) in [6.45, 7) is 17.2. The number of nitrogens with zero attached hydrogens (tertiary/aromatic N) is 1. The van der Waals surface area contributed by atoms with Crippen LogP contribution in [0.25, 0.3) is 0 Å². The van der Waals surface area contributed by atoms with Gasteiger partial charge in [-0.3, -0.25) is 9.59 Å². The Hall–Kier alpha value is -1.10. The molecule has 1 heterocycles. The molecule has 0 aliphatic carbocycles. The van der Waals surface area contributed by atoms with Crippen molar-refractivity contribution in [3.63, 3.8) is 0 Å². The molecule has 0 aromatic carbocycles. The van der Waals surface area contributed by atoms with Crippen molar-refractivity contribution in [2.45, 2.75) is 272 Å². The van der Waals surface area contributed by atoms with E-state index < -0.39 is 0 Å². The van der Waals surface area contributed by atoms with Crippen molar-refractivity contribution in [2.75, 3.05) is 32.8 Å². The SMILES string of the molecule is CCCCCC(CCCCC)CCOC=O.CCCCCCCCCC(CCCCCCCCC(=O)OCCC(CCCCC)CCCCC)CCN1CCCC1. The first-order valence-corrected chi connectivity index (χ1v) is 26.0. The van der Waals surface area contributed by atoms with E-state index in [4.69, 9.17) is 9.47 Å². The molecule has 0 radical (unpaired) electrons. The molecule has 5 heteroatoms. The molecular formula is C52H103NO4. The third kappa shape index (κ3) is 40.1. The molecule has 5 nitrogen and oxygen atoms in total. The van der Waals surface area contributed by atoms with E-state index in [0.717, 1.165) is 37.0 Å². The van der Waals surface area contributed by atoms with Gasteiger partial charge in [0.25, 0.3) is 6.47 Å². The lowest BCUT2D eigenvalue weighted by molar-refractivity contribution is -0.144. The van der Waals surface area contributed by atoms with Gasteiger partial charge in [0.2, 0.25) is 0 Å². The van der Waals surface area contributed by atoms with Crippen molar-refractivity contribution in [2.24, 2.45) is 17.8 Å². The first kappa shape index (κ1) is 55.9. The molecule has 0 N–H and O–H groups in total. The van der Waals surface area contributed by atoms with Crippen LogP contribution in [0.5, 0.6) is 0 Å². The molecule has 0 amide bonds. The van der Waals surface area contributed by atoms with Crippen molar-refractivity contribution in [1.82, 2.24) is 4.90 Å². The summed E-state index contributed by atoms with van der Waals surface area (Å²) in [7, 11) is 0. The van der Waals surface area contributed by atoms with Crippen LogP contribution in [0.15, 0.2) is 0 Å². The highest BCUT2D eigenvalue weighted by molar-refractivity contribution is 5.69. The summed E-state index contributed by atoms with van der Waals surface area (Å²) >= 11 is 0. The molecule has 0 aromatic rings. The minimum absolute atomic E-state index is 0.0390. The standard InChI is InChI=1S/C38H75NO2.C14H28O2/c1-4-7-10-11-12-15-20-27-36(30-34-39-32-23-24-33-39)28-21-16-13-14-17-22-29-38(40)41-35-31-37(25-18-8-5-2)26-19-9-6-3;1-3-5-7-9-14(10-8-6-4-2)11-12-16-13-15/h36-37H,4-35H2,1-3H3;13-14H,3-12H2,1-2H3. The average Bonchev–Trinajstić information content (AvgIpc) is 3.74. The van der Waals surface area contributed by atoms with Crippen LogP contribution in [0.4, 0.5) is 0 Å². The van der Waals surface area contributed by atoms with E-state index in [0.29, 0.717) is 26.1 Å². The minimum atomic E-state index is 0.0390. The second kappa shape index (κ2) is 46.0. The summed E-state index contributed by atoms with van der Waals surface area (Å²) in [5, 5.41) is 0.